The Bertz CT molecular complexity index is 1410. The lowest BCUT2D eigenvalue weighted by molar-refractivity contribution is -0.142. The van der Waals surface area contributed by atoms with Crippen molar-refractivity contribution in [3.8, 4) is 0 Å². The molecule has 0 saturated carbocycles. The summed E-state index contributed by atoms with van der Waals surface area (Å²) in [7, 11) is 0. The van der Waals surface area contributed by atoms with Crippen LogP contribution >= 0.6 is 0 Å². The van der Waals surface area contributed by atoms with E-state index in [9.17, 15) is 34.2 Å². The van der Waals surface area contributed by atoms with Crippen molar-refractivity contribution in [2.75, 3.05) is 0 Å². The number of fused-ring (bicyclic) bond motifs is 1. The maximum absolute atomic E-state index is 13.5. The summed E-state index contributed by atoms with van der Waals surface area (Å²) in [5.41, 5.74) is 13.1. The van der Waals surface area contributed by atoms with Gasteiger partial charge in [-0.05, 0) is 30.5 Å². The van der Waals surface area contributed by atoms with Crippen LogP contribution in [0, 0.1) is 0 Å². The lowest BCUT2D eigenvalue weighted by Crippen LogP contribution is -2.60. The Kier molecular flexibility index (Phi) is 11.2. The number of aromatic amines is 1. The van der Waals surface area contributed by atoms with Crippen LogP contribution in [0.4, 0.5) is 0 Å². The molecule has 1 heterocycles. The number of nitrogens with two attached hydrogens (primary N) is 2. The fourth-order valence-electron chi connectivity index (χ4n) is 4.41. The van der Waals surface area contributed by atoms with E-state index in [-0.39, 0.29) is 25.7 Å². The first-order valence-electron chi connectivity index (χ1n) is 13.4. The number of hydrogen-bond donors (Lipinski definition) is 8. The predicted molar refractivity (Wildman–Crippen MR) is 154 cm³/mol. The van der Waals surface area contributed by atoms with Gasteiger partial charge in [-0.1, -0.05) is 48.5 Å². The molecular formula is C29H36N6O7. The van der Waals surface area contributed by atoms with Crippen LogP contribution < -0.4 is 27.4 Å². The van der Waals surface area contributed by atoms with E-state index in [1.807, 2.05) is 24.3 Å². The molecule has 0 spiro atoms. The second-order valence-corrected chi connectivity index (χ2v) is 10.1. The van der Waals surface area contributed by atoms with E-state index >= 15 is 0 Å². The minimum atomic E-state index is -1.50. The number of amides is 4. The number of benzene rings is 2. The quantitative estimate of drug-likeness (QED) is 0.116. The van der Waals surface area contributed by atoms with E-state index in [4.69, 9.17) is 11.5 Å². The summed E-state index contributed by atoms with van der Waals surface area (Å²) in [4.78, 5) is 65.5. The van der Waals surface area contributed by atoms with Crippen molar-refractivity contribution in [2.45, 2.75) is 62.9 Å². The van der Waals surface area contributed by atoms with Gasteiger partial charge in [0.15, 0.2) is 0 Å². The van der Waals surface area contributed by atoms with Gasteiger partial charge in [0.05, 0.1) is 12.1 Å². The number of aliphatic hydroxyl groups excluding tert-OH is 1. The van der Waals surface area contributed by atoms with Gasteiger partial charge in [0.25, 0.3) is 0 Å². The van der Waals surface area contributed by atoms with Crippen LogP contribution in [-0.2, 0) is 36.8 Å². The number of hydrogen-bond acceptors (Lipinski definition) is 7. The van der Waals surface area contributed by atoms with Crippen LogP contribution in [0.2, 0.25) is 0 Å². The van der Waals surface area contributed by atoms with Crippen molar-refractivity contribution in [3.63, 3.8) is 0 Å². The maximum Gasteiger partial charge on any atom is 0.326 e. The first kappa shape index (κ1) is 31.8. The van der Waals surface area contributed by atoms with Crippen LogP contribution in [0.5, 0.6) is 0 Å². The van der Waals surface area contributed by atoms with E-state index in [1.165, 1.54) is 6.92 Å². The number of para-hydroxylation sites is 1. The van der Waals surface area contributed by atoms with Crippen molar-refractivity contribution in [1.82, 2.24) is 20.9 Å². The molecule has 3 aromatic rings. The summed E-state index contributed by atoms with van der Waals surface area (Å²) in [6, 6.07) is 10.8. The van der Waals surface area contributed by atoms with E-state index in [1.54, 1.807) is 36.5 Å². The number of aliphatic hydroxyl groups is 1. The fraction of sp³-hybridized carbons (Fsp3) is 0.345. The highest BCUT2D eigenvalue weighted by Gasteiger charge is 2.33. The Hall–Kier alpha value is -4.75. The standard InChI is InChI=1S/C29H36N6O7/c1-16(36)25(35-26(38)20(30)11-12-24(31)37)28(40)33-22(14-18-15-32-21-10-6-5-9-19(18)21)27(39)34-23(29(41)42)13-17-7-3-2-4-8-17/h2-10,15-16,20,22-23,25,32,36H,11-14,30H2,1H3,(H2,31,37)(H,33,40)(H,34,39)(H,35,38)(H,41,42). The molecule has 224 valence electrons. The van der Waals surface area contributed by atoms with Crippen molar-refractivity contribution in [3.05, 3.63) is 71.9 Å². The molecule has 13 nitrogen and oxygen atoms in total. The first-order valence-corrected chi connectivity index (χ1v) is 13.4. The highest BCUT2D eigenvalue weighted by molar-refractivity contribution is 5.95. The molecule has 5 unspecified atom stereocenters. The van der Waals surface area contributed by atoms with E-state index in [2.05, 4.69) is 20.9 Å². The molecule has 5 atom stereocenters. The zero-order valence-electron chi connectivity index (χ0n) is 23.1. The van der Waals surface area contributed by atoms with Gasteiger partial charge in [-0.15, -0.1) is 0 Å². The molecule has 2 aromatic carbocycles. The summed E-state index contributed by atoms with van der Waals surface area (Å²) >= 11 is 0. The Morgan fingerprint density at radius 2 is 1.50 bits per heavy atom. The summed E-state index contributed by atoms with van der Waals surface area (Å²) < 4.78 is 0. The lowest BCUT2D eigenvalue weighted by atomic mass is 10.0. The highest BCUT2D eigenvalue weighted by Crippen LogP contribution is 2.19. The SMILES string of the molecule is CC(O)C(NC(=O)C(N)CCC(N)=O)C(=O)NC(Cc1c[nH]c2ccccc12)C(=O)NC(Cc1ccccc1)C(=O)O. The minimum Gasteiger partial charge on any atom is -0.480 e. The van der Waals surface area contributed by atoms with Gasteiger partial charge in [-0.2, -0.15) is 0 Å². The van der Waals surface area contributed by atoms with Gasteiger partial charge in [-0.3, -0.25) is 19.2 Å². The zero-order valence-corrected chi connectivity index (χ0v) is 23.1. The number of aliphatic carboxylic acids is 1. The Morgan fingerprint density at radius 3 is 2.14 bits per heavy atom. The van der Waals surface area contributed by atoms with Gasteiger partial charge in [0, 0.05) is 36.4 Å². The molecule has 0 aliphatic rings. The molecule has 0 aliphatic heterocycles. The summed E-state index contributed by atoms with van der Waals surface area (Å²) in [5, 5.41) is 28.3. The Balaban J connectivity index is 1.83. The van der Waals surface area contributed by atoms with Crippen molar-refractivity contribution in [2.24, 2.45) is 11.5 Å². The molecule has 0 bridgehead atoms. The van der Waals surface area contributed by atoms with Gasteiger partial charge in [0.2, 0.25) is 23.6 Å². The third-order valence-corrected chi connectivity index (χ3v) is 6.73. The number of primary amides is 1. The van der Waals surface area contributed by atoms with Crippen LogP contribution in [0.3, 0.4) is 0 Å². The number of nitrogens with one attached hydrogen (secondary N) is 4. The third kappa shape index (κ3) is 8.88. The third-order valence-electron chi connectivity index (χ3n) is 6.73. The Morgan fingerprint density at radius 1 is 0.857 bits per heavy atom. The Labute approximate surface area is 242 Å². The number of H-pyrrole nitrogens is 1. The number of carboxylic acids is 1. The highest BCUT2D eigenvalue weighted by atomic mass is 16.4. The molecule has 0 radical (unpaired) electrons. The second kappa shape index (κ2) is 14.8. The van der Waals surface area contributed by atoms with Gasteiger partial charge < -0.3 is 42.6 Å². The average molecular weight is 581 g/mol. The molecule has 1 aromatic heterocycles. The zero-order chi connectivity index (χ0) is 30.8. The maximum atomic E-state index is 13.5. The molecule has 10 N–H and O–H groups in total. The van der Waals surface area contributed by atoms with E-state index < -0.39 is 59.9 Å². The lowest BCUT2D eigenvalue weighted by Gasteiger charge is -2.26. The summed E-state index contributed by atoms with van der Waals surface area (Å²) in [5.74, 6) is -4.38. The number of carbonyl (C=O) groups is 5. The molecular weight excluding hydrogens is 544 g/mol. The van der Waals surface area contributed by atoms with Crippen molar-refractivity contribution in [1.29, 1.82) is 0 Å². The average Bonchev–Trinajstić information content (AvgIpc) is 3.36. The normalized spacial score (nSPS) is 14.6. The van der Waals surface area contributed by atoms with Crippen LogP contribution in [0.25, 0.3) is 10.9 Å². The topological polar surface area (TPSA) is 230 Å². The molecule has 4 amide bonds. The number of carboxylic acid groups (broad SMARTS) is 1. The van der Waals surface area contributed by atoms with Gasteiger partial charge >= 0.3 is 5.97 Å². The van der Waals surface area contributed by atoms with E-state index in [0.29, 0.717) is 11.1 Å². The first-order chi connectivity index (χ1) is 20.0. The minimum absolute atomic E-state index is 0.00517. The van der Waals surface area contributed by atoms with Crippen LogP contribution in [0.15, 0.2) is 60.8 Å². The molecule has 3 rings (SSSR count). The molecule has 0 saturated heterocycles. The van der Waals surface area contributed by atoms with Gasteiger partial charge in [-0.25, -0.2) is 4.79 Å². The predicted octanol–water partition coefficient (Wildman–Crippen LogP) is -0.534. The molecule has 0 aliphatic carbocycles. The van der Waals surface area contributed by atoms with Gasteiger partial charge in [0.1, 0.15) is 18.1 Å². The summed E-state index contributed by atoms with van der Waals surface area (Å²) in [6.45, 7) is 1.27. The molecule has 0 fully saturated rings. The van der Waals surface area contributed by atoms with Crippen LogP contribution in [0.1, 0.15) is 30.9 Å². The van der Waals surface area contributed by atoms with Crippen molar-refractivity contribution < 1.29 is 34.2 Å². The number of rotatable bonds is 15. The smallest absolute Gasteiger partial charge is 0.326 e. The van der Waals surface area contributed by atoms with Crippen molar-refractivity contribution >= 4 is 40.5 Å². The number of carbonyl (C=O) groups excluding carboxylic acids is 4. The molecule has 42 heavy (non-hydrogen) atoms. The number of aromatic nitrogens is 1. The monoisotopic (exact) mass is 580 g/mol. The largest absolute Gasteiger partial charge is 0.480 e. The van der Waals surface area contributed by atoms with E-state index in [0.717, 1.165) is 10.9 Å². The summed E-state index contributed by atoms with van der Waals surface area (Å²) in [6.07, 6.45) is 0.0448. The molecule has 13 heteroatoms. The van der Waals surface area contributed by atoms with Crippen LogP contribution in [-0.4, -0.2) is 75.1 Å². The fourth-order valence-corrected chi connectivity index (χ4v) is 4.41. The second-order valence-electron chi connectivity index (χ2n) is 10.1.